The number of aromatic hydroxyl groups is 1. The second kappa shape index (κ2) is 8.72. The fourth-order valence-electron chi connectivity index (χ4n) is 6.01. The molecule has 6 rings (SSSR count). The molecule has 0 bridgehead atoms. The molecule has 2 aromatic heterocycles. The number of phenolic OH excluding ortho intramolecular Hbond substituents is 1. The van der Waals surface area contributed by atoms with Gasteiger partial charge in [0.25, 0.3) is 0 Å². The van der Waals surface area contributed by atoms with E-state index in [1.165, 1.54) is 0 Å². The highest BCUT2D eigenvalue weighted by Gasteiger charge is 2.44. The van der Waals surface area contributed by atoms with Gasteiger partial charge in [-0.05, 0) is 61.4 Å². The van der Waals surface area contributed by atoms with Crippen molar-refractivity contribution in [3.05, 3.63) is 78.5 Å². The maximum absolute atomic E-state index is 9.87. The van der Waals surface area contributed by atoms with Gasteiger partial charge in [0.05, 0.1) is 23.3 Å². The molecule has 0 spiro atoms. The highest BCUT2D eigenvalue weighted by Crippen LogP contribution is 2.44. The van der Waals surface area contributed by atoms with Crippen LogP contribution in [0.3, 0.4) is 0 Å². The average Bonchev–Trinajstić information content (AvgIpc) is 3.37. The number of benzene rings is 2. The van der Waals surface area contributed by atoms with E-state index >= 15 is 0 Å². The Morgan fingerprint density at radius 1 is 1.03 bits per heavy atom. The van der Waals surface area contributed by atoms with E-state index in [0.29, 0.717) is 23.5 Å². The van der Waals surface area contributed by atoms with Crippen LogP contribution in [0.25, 0.3) is 11.0 Å². The van der Waals surface area contributed by atoms with Crippen LogP contribution < -0.4 is 4.74 Å². The van der Waals surface area contributed by atoms with Gasteiger partial charge in [0.15, 0.2) is 0 Å². The largest absolute Gasteiger partial charge is 0.508 e. The Labute approximate surface area is 199 Å². The third kappa shape index (κ3) is 4.01. The number of fused-ring (bicyclic) bond motifs is 2. The number of nitrogens with zero attached hydrogens (tertiary/aromatic N) is 5. The van der Waals surface area contributed by atoms with Crippen molar-refractivity contribution >= 4 is 11.0 Å². The maximum Gasteiger partial charge on any atom is 0.232 e. The number of para-hydroxylation sites is 2. The molecule has 1 saturated heterocycles. The fraction of sp³-hybridized carbons (Fsp3) is 0.370. The molecule has 0 amide bonds. The van der Waals surface area contributed by atoms with Gasteiger partial charge in [-0.3, -0.25) is 9.88 Å². The summed E-state index contributed by atoms with van der Waals surface area (Å²) in [7, 11) is 0. The van der Waals surface area contributed by atoms with E-state index in [1.54, 1.807) is 24.7 Å². The van der Waals surface area contributed by atoms with Crippen LogP contribution in [0.5, 0.6) is 11.6 Å². The number of rotatable bonds is 5. The predicted octanol–water partition coefficient (Wildman–Crippen LogP) is 4.37. The van der Waals surface area contributed by atoms with Crippen LogP contribution >= 0.6 is 0 Å². The number of aryl methyl sites for hydroxylation is 1. The zero-order valence-electron chi connectivity index (χ0n) is 19.3. The number of ether oxygens (including phenoxy) is 1. The summed E-state index contributed by atoms with van der Waals surface area (Å²) < 4.78 is 8.88. The van der Waals surface area contributed by atoms with Crippen molar-refractivity contribution in [2.45, 2.75) is 38.5 Å². The van der Waals surface area contributed by atoms with E-state index in [2.05, 4.69) is 50.6 Å². The number of aromatic nitrogens is 4. The zero-order chi connectivity index (χ0) is 23.1. The maximum atomic E-state index is 9.87. The molecule has 3 heterocycles. The van der Waals surface area contributed by atoms with Crippen LogP contribution in [0.4, 0.5) is 0 Å². The van der Waals surface area contributed by atoms with Crippen LogP contribution in [0.2, 0.25) is 0 Å². The Balaban J connectivity index is 1.30. The molecule has 4 atom stereocenters. The molecule has 4 aromatic rings. The van der Waals surface area contributed by atoms with Crippen molar-refractivity contribution in [1.29, 1.82) is 0 Å². The number of hydrogen-bond acceptors (Lipinski definition) is 6. The zero-order valence-corrected chi connectivity index (χ0v) is 19.3. The highest BCUT2D eigenvalue weighted by atomic mass is 16.5. The van der Waals surface area contributed by atoms with Gasteiger partial charge in [0.2, 0.25) is 5.88 Å². The first kappa shape index (κ1) is 21.1. The minimum Gasteiger partial charge on any atom is -0.508 e. The minimum absolute atomic E-state index is 0.00465. The van der Waals surface area contributed by atoms with Crippen LogP contribution in [0.1, 0.15) is 30.3 Å². The highest BCUT2D eigenvalue weighted by molar-refractivity contribution is 5.76. The summed E-state index contributed by atoms with van der Waals surface area (Å²) in [4.78, 5) is 16.0. The normalized spacial score (nSPS) is 24.9. The van der Waals surface area contributed by atoms with Gasteiger partial charge >= 0.3 is 0 Å². The molecule has 34 heavy (non-hydrogen) atoms. The molecule has 1 N–H and O–H groups in total. The average molecular weight is 456 g/mol. The van der Waals surface area contributed by atoms with E-state index < -0.39 is 0 Å². The predicted molar refractivity (Wildman–Crippen MR) is 130 cm³/mol. The lowest BCUT2D eigenvalue weighted by Crippen LogP contribution is -2.40. The van der Waals surface area contributed by atoms with Crippen LogP contribution in [0.15, 0.2) is 67.1 Å². The summed E-state index contributed by atoms with van der Waals surface area (Å²) in [6, 6.07) is 16.1. The van der Waals surface area contributed by atoms with E-state index in [0.717, 1.165) is 54.9 Å². The van der Waals surface area contributed by atoms with E-state index in [4.69, 9.17) is 9.72 Å². The summed E-state index contributed by atoms with van der Waals surface area (Å²) in [6.45, 7) is 5.04. The molecule has 2 aromatic carbocycles. The summed E-state index contributed by atoms with van der Waals surface area (Å²) in [6.07, 6.45) is 7.05. The fourth-order valence-corrected chi connectivity index (χ4v) is 6.01. The summed E-state index contributed by atoms with van der Waals surface area (Å²) >= 11 is 0. The Kier molecular flexibility index (Phi) is 5.41. The topological polar surface area (TPSA) is 76.3 Å². The Morgan fingerprint density at radius 3 is 2.71 bits per heavy atom. The third-order valence-electron chi connectivity index (χ3n) is 7.39. The lowest BCUT2D eigenvalue weighted by atomic mass is 9.77. The number of likely N-dealkylation sites (tertiary alicyclic amines) is 1. The number of phenols is 1. The van der Waals surface area contributed by atoms with Crippen molar-refractivity contribution in [1.82, 2.24) is 24.4 Å². The number of hydrogen-bond donors (Lipinski definition) is 1. The van der Waals surface area contributed by atoms with Crippen molar-refractivity contribution in [2.24, 2.45) is 11.8 Å². The number of imidazole rings is 1. The third-order valence-corrected chi connectivity index (χ3v) is 7.39. The second-order valence-corrected chi connectivity index (χ2v) is 9.64. The van der Waals surface area contributed by atoms with Crippen molar-refractivity contribution < 1.29 is 9.84 Å². The lowest BCUT2D eigenvalue weighted by Gasteiger charge is -2.39. The SMILES string of the molecule is Cc1nc2ccccc2n1[C@H]1C[C@H]2CN(Cc3cccc(O)c3)C[C@H]2C[C@@H]1Oc1cnccn1. The summed E-state index contributed by atoms with van der Waals surface area (Å²) in [5.41, 5.74) is 3.34. The molecule has 7 nitrogen and oxygen atoms in total. The molecular formula is C27H29N5O2. The molecule has 1 aliphatic carbocycles. The van der Waals surface area contributed by atoms with Gasteiger partial charge in [-0.2, -0.15) is 0 Å². The van der Waals surface area contributed by atoms with Gasteiger partial charge in [-0.1, -0.05) is 24.3 Å². The summed E-state index contributed by atoms with van der Waals surface area (Å²) in [5, 5.41) is 9.87. The second-order valence-electron chi connectivity index (χ2n) is 9.64. The van der Waals surface area contributed by atoms with Crippen LogP contribution in [-0.2, 0) is 6.54 Å². The van der Waals surface area contributed by atoms with Crippen LogP contribution in [-0.4, -0.2) is 48.7 Å². The minimum atomic E-state index is -0.00465. The molecule has 2 fully saturated rings. The van der Waals surface area contributed by atoms with Crippen molar-refractivity contribution in [2.75, 3.05) is 13.1 Å². The van der Waals surface area contributed by atoms with E-state index in [1.807, 2.05) is 18.2 Å². The smallest absolute Gasteiger partial charge is 0.232 e. The molecule has 174 valence electrons. The van der Waals surface area contributed by atoms with Crippen molar-refractivity contribution in [3.8, 4) is 11.6 Å². The lowest BCUT2D eigenvalue weighted by molar-refractivity contribution is 0.0519. The molecule has 0 radical (unpaired) electrons. The standard InChI is InChI=1S/C27H29N5O2/c1-18-30-23-7-2-3-8-24(23)32(18)25-12-20-16-31(15-19-5-4-6-22(33)11-19)17-21(20)13-26(25)34-27-14-28-9-10-29-27/h2-11,14,20-21,25-26,33H,12-13,15-17H2,1H3/t20-,21+,25-,26-/m0/s1. The quantitative estimate of drug-likeness (QED) is 0.482. The monoisotopic (exact) mass is 455 g/mol. The Morgan fingerprint density at radius 2 is 1.88 bits per heavy atom. The first-order valence-corrected chi connectivity index (χ1v) is 12.0. The van der Waals surface area contributed by atoms with Crippen molar-refractivity contribution in [3.63, 3.8) is 0 Å². The first-order valence-electron chi connectivity index (χ1n) is 12.0. The molecule has 7 heteroatoms. The Bertz CT molecular complexity index is 1290. The molecule has 1 aliphatic heterocycles. The Hall–Kier alpha value is -3.45. The van der Waals surface area contributed by atoms with Gasteiger partial charge in [0.1, 0.15) is 17.7 Å². The van der Waals surface area contributed by atoms with E-state index in [-0.39, 0.29) is 12.1 Å². The van der Waals surface area contributed by atoms with Crippen LogP contribution in [0, 0.1) is 18.8 Å². The van der Waals surface area contributed by atoms with Gasteiger partial charge in [0, 0.05) is 32.0 Å². The first-order chi connectivity index (χ1) is 16.6. The summed E-state index contributed by atoms with van der Waals surface area (Å²) in [5.74, 6) is 3.07. The van der Waals surface area contributed by atoms with E-state index in [9.17, 15) is 5.11 Å². The van der Waals surface area contributed by atoms with Gasteiger partial charge < -0.3 is 14.4 Å². The van der Waals surface area contributed by atoms with Gasteiger partial charge in [-0.15, -0.1) is 0 Å². The molecule has 0 unspecified atom stereocenters. The molecular weight excluding hydrogens is 426 g/mol. The van der Waals surface area contributed by atoms with Gasteiger partial charge in [-0.25, -0.2) is 9.97 Å². The molecule has 1 saturated carbocycles. The molecule has 2 aliphatic rings.